The molecule has 0 bridgehead atoms. The lowest BCUT2D eigenvalue weighted by molar-refractivity contribution is 0.0986. The first-order chi connectivity index (χ1) is 9.56. The van der Waals surface area contributed by atoms with Crippen LogP contribution in [0.15, 0.2) is 42.5 Å². The zero-order chi connectivity index (χ0) is 14.7. The van der Waals surface area contributed by atoms with Crippen LogP contribution in [-0.2, 0) is 0 Å². The summed E-state index contributed by atoms with van der Waals surface area (Å²) in [7, 11) is 0. The smallest absolute Gasteiger partial charge is 0.252 e. The predicted molar refractivity (Wildman–Crippen MR) is 76.7 cm³/mol. The van der Waals surface area contributed by atoms with E-state index in [9.17, 15) is 14.7 Å². The second-order valence-corrected chi connectivity index (χ2v) is 4.39. The highest BCUT2D eigenvalue weighted by Crippen LogP contribution is 2.33. The summed E-state index contributed by atoms with van der Waals surface area (Å²) < 4.78 is 0. The molecule has 0 spiro atoms. The lowest BCUT2D eigenvalue weighted by Crippen LogP contribution is -2.13. The Kier molecular flexibility index (Phi) is 3.84. The summed E-state index contributed by atoms with van der Waals surface area (Å²) in [4.78, 5) is 23.4. The lowest BCUT2D eigenvalue weighted by Gasteiger charge is -2.12. The molecule has 0 aliphatic rings. The Hall–Kier alpha value is -2.62. The van der Waals surface area contributed by atoms with Gasteiger partial charge in [0.15, 0.2) is 5.78 Å². The van der Waals surface area contributed by atoms with E-state index in [1.165, 1.54) is 6.07 Å². The van der Waals surface area contributed by atoms with Crippen LogP contribution in [0.25, 0.3) is 11.1 Å². The van der Waals surface area contributed by atoms with Gasteiger partial charge in [-0.3, -0.25) is 9.59 Å². The highest BCUT2D eigenvalue weighted by atomic mass is 16.3. The largest absolute Gasteiger partial charge is 0.506 e. The van der Waals surface area contributed by atoms with Crippen molar-refractivity contribution < 1.29 is 14.7 Å². The molecule has 2 aromatic rings. The molecule has 20 heavy (non-hydrogen) atoms. The number of hydrogen-bond donors (Lipinski definition) is 2. The van der Waals surface area contributed by atoms with Gasteiger partial charge in [-0.05, 0) is 17.2 Å². The number of benzene rings is 2. The first-order valence-electron chi connectivity index (χ1n) is 6.30. The zero-order valence-corrected chi connectivity index (χ0v) is 11.1. The molecule has 0 aliphatic heterocycles. The maximum atomic E-state index is 12.1. The van der Waals surface area contributed by atoms with Gasteiger partial charge in [-0.1, -0.05) is 43.3 Å². The molecule has 2 aromatic carbocycles. The molecule has 0 aromatic heterocycles. The van der Waals surface area contributed by atoms with Gasteiger partial charge in [0.2, 0.25) is 0 Å². The molecule has 0 heterocycles. The van der Waals surface area contributed by atoms with Gasteiger partial charge in [0.1, 0.15) is 5.75 Å². The summed E-state index contributed by atoms with van der Waals surface area (Å²) in [5.74, 6) is -1.33. The van der Waals surface area contributed by atoms with E-state index in [2.05, 4.69) is 0 Å². The summed E-state index contributed by atoms with van der Waals surface area (Å²) in [6, 6.07) is 12.3. The number of rotatable bonds is 4. The van der Waals surface area contributed by atoms with Crippen molar-refractivity contribution in [3.05, 3.63) is 53.6 Å². The van der Waals surface area contributed by atoms with Gasteiger partial charge in [0.05, 0.1) is 11.1 Å². The monoisotopic (exact) mass is 269 g/mol. The van der Waals surface area contributed by atoms with Crippen LogP contribution in [0.2, 0.25) is 0 Å². The maximum absolute atomic E-state index is 12.1. The molecule has 0 saturated carbocycles. The normalized spacial score (nSPS) is 10.2. The van der Waals surface area contributed by atoms with E-state index < -0.39 is 5.91 Å². The van der Waals surface area contributed by atoms with E-state index >= 15 is 0 Å². The molecule has 4 heteroatoms. The second kappa shape index (κ2) is 5.57. The highest BCUT2D eigenvalue weighted by Gasteiger charge is 2.21. The minimum absolute atomic E-state index is 0.0403. The average molecular weight is 269 g/mol. The molecule has 0 aliphatic carbocycles. The van der Waals surface area contributed by atoms with Crippen LogP contribution in [0.4, 0.5) is 0 Å². The van der Waals surface area contributed by atoms with Gasteiger partial charge in [-0.2, -0.15) is 0 Å². The number of aromatic hydroxyl groups is 1. The number of amides is 1. The number of carbonyl (C=O) groups is 2. The fourth-order valence-corrected chi connectivity index (χ4v) is 2.11. The summed E-state index contributed by atoms with van der Waals surface area (Å²) in [5.41, 5.74) is 6.71. The highest BCUT2D eigenvalue weighted by molar-refractivity contribution is 6.08. The SMILES string of the molecule is CCC(=O)c1c(-c2ccccc2)ccc(C(N)=O)c1O. The molecule has 0 atom stereocenters. The number of phenols is 1. The van der Waals surface area contributed by atoms with Crippen molar-refractivity contribution >= 4 is 11.7 Å². The van der Waals surface area contributed by atoms with E-state index in [1.807, 2.05) is 30.3 Å². The number of ketones is 1. The Bertz CT molecular complexity index is 663. The Balaban J connectivity index is 2.73. The molecule has 0 radical (unpaired) electrons. The lowest BCUT2D eigenvalue weighted by atomic mass is 9.92. The molecule has 1 amide bonds. The molecule has 3 N–H and O–H groups in total. The minimum atomic E-state index is -0.757. The molecule has 102 valence electrons. The van der Waals surface area contributed by atoms with Crippen LogP contribution >= 0.6 is 0 Å². The van der Waals surface area contributed by atoms with Crippen molar-refractivity contribution in [3.63, 3.8) is 0 Å². The van der Waals surface area contributed by atoms with E-state index in [1.54, 1.807) is 13.0 Å². The third-order valence-electron chi connectivity index (χ3n) is 3.13. The van der Waals surface area contributed by atoms with E-state index in [0.717, 1.165) is 5.56 Å². The van der Waals surface area contributed by atoms with Crippen LogP contribution in [0.5, 0.6) is 5.75 Å². The number of hydrogen-bond acceptors (Lipinski definition) is 3. The van der Waals surface area contributed by atoms with Crippen LogP contribution in [0.3, 0.4) is 0 Å². The average Bonchev–Trinajstić information content (AvgIpc) is 2.46. The number of primary amides is 1. The second-order valence-electron chi connectivity index (χ2n) is 4.39. The summed E-state index contributed by atoms with van der Waals surface area (Å²) in [5, 5.41) is 10.2. The number of Topliss-reactive ketones (excluding diaryl/α,β-unsaturated/α-hetero) is 1. The Morgan fingerprint density at radius 1 is 1.10 bits per heavy atom. The molecular formula is C16H15NO3. The first-order valence-corrected chi connectivity index (χ1v) is 6.30. The van der Waals surface area contributed by atoms with Crippen LogP contribution < -0.4 is 5.73 Å². The van der Waals surface area contributed by atoms with Crippen LogP contribution in [-0.4, -0.2) is 16.8 Å². The quantitative estimate of drug-likeness (QED) is 0.837. The first kappa shape index (κ1) is 13.8. The molecule has 2 rings (SSSR count). The van der Waals surface area contributed by atoms with Crippen molar-refractivity contribution in [2.24, 2.45) is 5.73 Å². The van der Waals surface area contributed by atoms with Crippen LogP contribution in [0, 0.1) is 0 Å². The van der Waals surface area contributed by atoms with Gasteiger partial charge in [-0.15, -0.1) is 0 Å². The zero-order valence-electron chi connectivity index (χ0n) is 11.1. The fraction of sp³-hybridized carbons (Fsp3) is 0.125. The maximum Gasteiger partial charge on any atom is 0.252 e. The predicted octanol–water partition coefficient (Wildman–Crippen LogP) is 2.75. The van der Waals surface area contributed by atoms with Gasteiger partial charge >= 0.3 is 0 Å². The van der Waals surface area contributed by atoms with Gasteiger partial charge in [-0.25, -0.2) is 0 Å². The summed E-state index contributed by atoms with van der Waals surface area (Å²) in [6.07, 6.45) is 0.232. The number of carbonyl (C=O) groups excluding carboxylic acids is 2. The Labute approximate surface area is 116 Å². The standard InChI is InChI=1S/C16H15NO3/c1-2-13(18)14-11(10-6-4-3-5-7-10)8-9-12(15(14)19)16(17)20/h3-9,19H,2H2,1H3,(H2,17,20). The molecule has 0 fully saturated rings. The topological polar surface area (TPSA) is 80.4 Å². The van der Waals surface area contributed by atoms with E-state index in [4.69, 9.17) is 5.73 Å². The van der Waals surface area contributed by atoms with Crippen molar-refractivity contribution in [2.45, 2.75) is 13.3 Å². The summed E-state index contributed by atoms with van der Waals surface area (Å²) >= 11 is 0. The number of nitrogens with two attached hydrogens (primary N) is 1. The molecular weight excluding hydrogens is 254 g/mol. The van der Waals surface area contributed by atoms with E-state index in [-0.39, 0.29) is 29.1 Å². The minimum Gasteiger partial charge on any atom is -0.506 e. The van der Waals surface area contributed by atoms with Crippen molar-refractivity contribution in [1.29, 1.82) is 0 Å². The molecule has 0 unspecified atom stereocenters. The molecule has 4 nitrogen and oxygen atoms in total. The van der Waals surface area contributed by atoms with Gasteiger partial charge in [0.25, 0.3) is 5.91 Å². The fourth-order valence-electron chi connectivity index (χ4n) is 2.11. The molecule has 0 saturated heterocycles. The van der Waals surface area contributed by atoms with Gasteiger partial charge in [0, 0.05) is 6.42 Å². The third kappa shape index (κ3) is 2.40. The van der Waals surface area contributed by atoms with E-state index in [0.29, 0.717) is 5.56 Å². The Morgan fingerprint density at radius 3 is 2.30 bits per heavy atom. The van der Waals surface area contributed by atoms with Gasteiger partial charge < -0.3 is 10.8 Å². The van der Waals surface area contributed by atoms with Crippen molar-refractivity contribution in [1.82, 2.24) is 0 Å². The third-order valence-corrected chi connectivity index (χ3v) is 3.13. The summed E-state index contributed by atoms with van der Waals surface area (Å²) in [6.45, 7) is 1.70. The Morgan fingerprint density at radius 2 is 1.75 bits per heavy atom. The van der Waals surface area contributed by atoms with Crippen molar-refractivity contribution in [3.8, 4) is 16.9 Å². The van der Waals surface area contributed by atoms with Crippen molar-refractivity contribution in [2.75, 3.05) is 0 Å². The van der Waals surface area contributed by atoms with Crippen LogP contribution in [0.1, 0.15) is 34.1 Å².